The van der Waals surface area contributed by atoms with Crippen molar-refractivity contribution in [3.63, 3.8) is 0 Å². The number of ether oxygens (including phenoxy) is 12. The third-order valence-corrected chi connectivity index (χ3v) is 5.68. The van der Waals surface area contributed by atoms with Crippen molar-refractivity contribution >= 4 is 0 Å². The molecular weight excluding hydrogens is 554 g/mol. The van der Waals surface area contributed by atoms with Gasteiger partial charge >= 0.3 is 0 Å². The molecule has 1 saturated heterocycles. The fourth-order valence-electron chi connectivity index (χ4n) is 3.51. The van der Waals surface area contributed by atoms with Crippen molar-refractivity contribution in [2.45, 2.75) is 18.9 Å². The minimum atomic E-state index is 0.373. The molecule has 1 aliphatic rings. The zero-order valence-corrected chi connectivity index (χ0v) is 25.6. The normalized spacial score (nSPS) is 14.0. The van der Waals surface area contributed by atoms with Gasteiger partial charge in [-0.3, -0.25) is 0 Å². The molecule has 250 valence electrons. The summed E-state index contributed by atoms with van der Waals surface area (Å²) < 4.78 is 65.3. The molecule has 1 N–H and O–H groups in total. The monoisotopic (exact) mass is 611 g/mol. The molecule has 0 amide bonds. The Bertz CT molecular complexity index is 529. The van der Waals surface area contributed by atoms with E-state index in [9.17, 15) is 0 Å². The minimum absolute atomic E-state index is 0.373. The van der Waals surface area contributed by atoms with Crippen molar-refractivity contribution in [3.05, 3.63) is 12.8 Å². The van der Waals surface area contributed by atoms with Crippen molar-refractivity contribution in [2.24, 2.45) is 0 Å². The number of hydrogen-bond donors (Lipinski definition) is 1. The van der Waals surface area contributed by atoms with Crippen LogP contribution in [0.3, 0.4) is 0 Å². The average molecular weight is 612 g/mol. The first kappa shape index (κ1) is 39.1. The van der Waals surface area contributed by atoms with Crippen LogP contribution in [-0.2, 0) is 56.8 Å². The second kappa shape index (κ2) is 34.5. The van der Waals surface area contributed by atoms with E-state index in [4.69, 9.17) is 56.8 Å². The Morgan fingerprint density at radius 1 is 0.405 bits per heavy atom. The first-order chi connectivity index (χ1) is 20.9. The van der Waals surface area contributed by atoms with Gasteiger partial charge in [0.2, 0.25) is 0 Å². The summed E-state index contributed by atoms with van der Waals surface area (Å²) in [5, 5.41) is 3.33. The van der Waals surface area contributed by atoms with E-state index in [-0.39, 0.29) is 0 Å². The fraction of sp³-hybridized carbons (Fsp3) is 0.931. The molecule has 0 aliphatic carbocycles. The number of piperidine rings is 1. The van der Waals surface area contributed by atoms with Gasteiger partial charge in [0.05, 0.1) is 151 Å². The molecule has 0 atom stereocenters. The number of nitrogens with one attached hydrogen (secondary N) is 1. The van der Waals surface area contributed by atoms with Gasteiger partial charge in [-0.15, -0.1) is 0 Å². The van der Waals surface area contributed by atoms with Gasteiger partial charge in [-0.05, 0) is 25.9 Å². The maximum Gasteiger partial charge on any atom is 0.111 e. The molecule has 0 unspecified atom stereocenters. The van der Waals surface area contributed by atoms with E-state index in [0.29, 0.717) is 151 Å². The van der Waals surface area contributed by atoms with Crippen molar-refractivity contribution in [1.82, 2.24) is 5.32 Å². The van der Waals surface area contributed by atoms with Crippen LogP contribution in [0.4, 0.5) is 0 Å². The van der Waals surface area contributed by atoms with Crippen molar-refractivity contribution < 1.29 is 56.8 Å². The lowest BCUT2D eigenvalue weighted by Gasteiger charge is -2.22. The van der Waals surface area contributed by atoms with Crippen LogP contribution in [0.25, 0.3) is 0 Å². The van der Waals surface area contributed by atoms with Gasteiger partial charge in [-0.25, -0.2) is 0 Å². The summed E-state index contributed by atoms with van der Waals surface area (Å²) in [7, 11) is 0. The van der Waals surface area contributed by atoms with Crippen LogP contribution < -0.4 is 5.32 Å². The summed E-state index contributed by atoms with van der Waals surface area (Å²) in [5.41, 5.74) is 0. The lowest BCUT2D eigenvalue weighted by Crippen LogP contribution is -2.33. The summed E-state index contributed by atoms with van der Waals surface area (Å²) in [6.07, 6.45) is 3.93. The molecule has 0 radical (unpaired) electrons. The van der Waals surface area contributed by atoms with Gasteiger partial charge in [-0.2, -0.15) is 0 Å². The fourth-order valence-corrected chi connectivity index (χ4v) is 3.51. The highest BCUT2D eigenvalue weighted by Gasteiger charge is 2.12. The largest absolute Gasteiger partial charge is 0.499 e. The predicted molar refractivity (Wildman–Crippen MR) is 156 cm³/mol. The third-order valence-electron chi connectivity index (χ3n) is 5.68. The van der Waals surface area contributed by atoms with Gasteiger partial charge < -0.3 is 62.2 Å². The molecule has 1 rings (SSSR count). The summed E-state index contributed by atoms with van der Waals surface area (Å²) in [6, 6.07) is 0. The Hall–Kier alpha value is -0.940. The van der Waals surface area contributed by atoms with E-state index in [1.165, 1.54) is 6.26 Å². The smallest absolute Gasteiger partial charge is 0.111 e. The molecule has 42 heavy (non-hydrogen) atoms. The Morgan fingerprint density at radius 3 is 0.952 bits per heavy atom. The van der Waals surface area contributed by atoms with Crippen LogP contribution in [0.1, 0.15) is 12.8 Å². The molecule has 0 bridgehead atoms. The standard InChI is InChI=1S/C29H57NO12/c1-2-31-7-8-32-9-10-33-11-12-34-13-14-35-15-16-36-17-18-37-19-20-38-21-22-39-23-24-40-25-26-41-27-28-42-29-3-5-30-6-4-29/h2,29-30H,1,3-28H2. The molecule has 1 fully saturated rings. The van der Waals surface area contributed by atoms with Crippen molar-refractivity contribution in [2.75, 3.05) is 158 Å². The van der Waals surface area contributed by atoms with E-state index >= 15 is 0 Å². The van der Waals surface area contributed by atoms with Gasteiger partial charge in [0.25, 0.3) is 0 Å². The highest BCUT2D eigenvalue weighted by Crippen LogP contribution is 2.06. The molecule has 0 aromatic carbocycles. The van der Waals surface area contributed by atoms with E-state index < -0.39 is 0 Å². The molecule has 0 aromatic rings. The maximum absolute atomic E-state index is 5.78. The molecule has 1 heterocycles. The Balaban J connectivity index is 1.60. The summed E-state index contributed by atoms with van der Waals surface area (Å²) in [5.74, 6) is 0. The first-order valence-electron chi connectivity index (χ1n) is 15.3. The molecule has 0 aromatic heterocycles. The maximum atomic E-state index is 5.78. The Morgan fingerprint density at radius 2 is 0.667 bits per heavy atom. The lowest BCUT2D eigenvalue weighted by atomic mass is 10.1. The SMILES string of the molecule is C=COCCOCCOCCOCCOCCOCCOCCOCCOCCOCCOCCOC1CCNCC1. The van der Waals surface area contributed by atoms with Gasteiger partial charge in [-0.1, -0.05) is 6.58 Å². The number of hydrogen-bond acceptors (Lipinski definition) is 13. The van der Waals surface area contributed by atoms with Crippen LogP contribution in [0.2, 0.25) is 0 Å². The first-order valence-corrected chi connectivity index (χ1v) is 15.3. The van der Waals surface area contributed by atoms with Crippen LogP contribution in [0.15, 0.2) is 12.8 Å². The Labute approximate surface area is 252 Å². The minimum Gasteiger partial charge on any atom is -0.499 e. The lowest BCUT2D eigenvalue weighted by molar-refractivity contribution is -0.0325. The highest BCUT2D eigenvalue weighted by molar-refractivity contribution is 4.67. The zero-order valence-electron chi connectivity index (χ0n) is 25.6. The van der Waals surface area contributed by atoms with Crippen molar-refractivity contribution in [1.29, 1.82) is 0 Å². The molecule has 0 spiro atoms. The van der Waals surface area contributed by atoms with Gasteiger partial charge in [0, 0.05) is 0 Å². The molecule has 0 saturated carbocycles. The van der Waals surface area contributed by atoms with E-state index in [1.807, 2.05) is 0 Å². The van der Waals surface area contributed by atoms with E-state index in [2.05, 4.69) is 11.9 Å². The zero-order chi connectivity index (χ0) is 29.9. The average Bonchev–Trinajstić information content (AvgIpc) is 3.01. The van der Waals surface area contributed by atoms with E-state index in [0.717, 1.165) is 25.9 Å². The van der Waals surface area contributed by atoms with Gasteiger partial charge in [0.15, 0.2) is 0 Å². The summed E-state index contributed by atoms with van der Waals surface area (Å²) >= 11 is 0. The molecular formula is C29H57NO12. The topological polar surface area (TPSA) is 123 Å². The van der Waals surface area contributed by atoms with Crippen LogP contribution >= 0.6 is 0 Å². The third kappa shape index (κ3) is 30.5. The second-order valence-electron chi connectivity index (χ2n) is 8.98. The number of rotatable bonds is 35. The highest BCUT2D eigenvalue weighted by atomic mass is 16.6. The quantitative estimate of drug-likeness (QED) is 0.0813. The van der Waals surface area contributed by atoms with Gasteiger partial charge in [0.1, 0.15) is 6.61 Å². The summed E-state index contributed by atoms with van der Waals surface area (Å²) in [6.45, 7) is 17.3. The van der Waals surface area contributed by atoms with Crippen LogP contribution in [0, 0.1) is 0 Å². The van der Waals surface area contributed by atoms with Crippen LogP contribution in [0.5, 0.6) is 0 Å². The van der Waals surface area contributed by atoms with Crippen molar-refractivity contribution in [3.8, 4) is 0 Å². The summed E-state index contributed by atoms with van der Waals surface area (Å²) in [4.78, 5) is 0. The molecule has 1 aliphatic heterocycles. The predicted octanol–water partition coefficient (Wildman–Crippen LogP) is 1.08. The molecule has 13 nitrogen and oxygen atoms in total. The van der Waals surface area contributed by atoms with Crippen LogP contribution in [-0.4, -0.2) is 165 Å². The second-order valence-corrected chi connectivity index (χ2v) is 8.98. The Kier molecular flexibility index (Phi) is 32.2. The molecule has 13 heteroatoms. The van der Waals surface area contributed by atoms with E-state index in [1.54, 1.807) is 0 Å².